The third kappa shape index (κ3) is 2.14. The zero-order valence-corrected chi connectivity index (χ0v) is 8.03. The van der Waals surface area contributed by atoms with Crippen LogP contribution in [0.4, 0.5) is 0 Å². The predicted octanol–water partition coefficient (Wildman–Crippen LogP) is 1.15. The van der Waals surface area contributed by atoms with Crippen LogP contribution in [0.5, 0.6) is 0 Å². The van der Waals surface area contributed by atoms with E-state index in [2.05, 4.69) is 18.7 Å². The molecule has 2 N–H and O–H groups in total. The molecule has 0 bridgehead atoms. The molecule has 0 aliphatic heterocycles. The second-order valence-electron chi connectivity index (χ2n) is 3.14. The van der Waals surface area contributed by atoms with Crippen molar-refractivity contribution in [1.29, 1.82) is 0 Å². The van der Waals surface area contributed by atoms with Gasteiger partial charge < -0.3 is 5.73 Å². The summed E-state index contributed by atoms with van der Waals surface area (Å²) in [5.41, 5.74) is 5.57. The molecule has 0 saturated heterocycles. The maximum absolute atomic E-state index is 5.57. The molecule has 3 heteroatoms. The van der Waals surface area contributed by atoms with Gasteiger partial charge >= 0.3 is 0 Å². The summed E-state index contributed by atoms with van der Waals surface area (Å²) in [5.74, 6) is 0. The summed E-state index contributed by atoms with van der Waals surface area (Å²) < 4.78 is 0. The molecule has 64 valence electrons. The minimum Gasteiger partial charge on any atom is -0.392 e. The third-order valence-electron chi connectivity index (χ3n) is 2.29. The first-order valence-electron chi connectivity index (χ1n) is 4.22. The van der Waals surface area contributed by atoms with Gasteiger partial charge in [-0.2, -0.15) is 0 Å². The Morgan fingerprint density at radius 2 is 2.27 bits per heavy atom. The summed E-state index contributed by atoms with van der Waals surface area (Å²) >= 11 is 4.94. The quantitative estimate of drug-likeness (QED) is 0.645. The lowest BCUT2D eigenvalue weighted by Crippen LogP contribution is -2.42. The topological polar surface area (TPSA) is 29.3 Å². The van der Waals surface area contributed by atoms with Crippen LogP contribution in [0, 0.1) is 0 Å². The summed E-state index contributed by atoms with van der Waals surface area (Å²) in [6, 6.07) is 1.04. The van der Waals surface area contributed by atoms with Crippen LogP contribution in [0.1, 0.15) is 26.7 Å². The molecule has 0 spiro atoms. The Morgan fingerprint density at radius 1 is 1.73 bits per heavy atom. The van der Waals surface area contributed by atoms with E-state index in [1.807, 2.05) is 0 Å². The van der Waals surface area contributed by atoms with Crippen molar-refractivity contribution in [3.8, 4) is 0 Å². The normalized spacial score (nSPS) is 20.3. The molecule has 1 rings (SSSR count). The van der Waals surface area contributed by atoms with Crippen LogP contribution < -0.4 is 5.73 Å². The summed E-state index contributed by atoms with van der Waals surface area (Å²) in [7, 11) is 0. The average molecular weight is 172 g/mol. The van der Waals surface area contributed by atoms with E-state index in [1.165, 1.54) is 12.8 Å². The minimum absolute atomic E-state index is 0.280. The highest BCUT2D eigenvalue weighted by atomic mass is 32.1. The van der Waals surface area contributed by atoms with Crippen LogP contribution in [0.2, 0.25) is 0 Å². The molecule has 2 nitrogen and oxygen atoms in total. The van der Waals surface area contributed by atoms with Gasteiger partial charge in [-0.05, 0) is 26.3 Å². The number of nitrogens with zero attached hydrogens (tertiary/aromatic N) is 1. The van der Waals surface area contributed by atoms with Crippen molar-refractivity contribution in [2.45, 2.75) is 38.8 Å². The van der Waals surface area contributed by atoms with Gasteiger partial charge in [0.25, 0.3) is 0 Å². The molecular weight excluding hydrogens is 156 g/mol. The highest BCUT2D eigenvalue weighted by Crippen LogP contribution is 2.28. The largest absolute Gasteiger partial charge is 0.392 e. The van der Waals surface area contributed by atoms with Crippen LogP contribution in [-0.2, 0) is 0 Å². The van der Waals surface area contributed by atoms with Crippen molar-refractivity contribution in [1.82, 2.24) is 4.90 Å². The average Bonchev–Trinajstić information content (AvgIpc) is 2.72. The van der Waals surface area contributed by atoms with Gasteiger partial charge in [0.1, 0.15) is 0 Å². The van der Waals surface area contributed by atoms with E-state index < -0.39 is 0 Å². The summed E-state index contributed by atoms with van der Waals surface area (Å²) in [6.07, 6.45) is 2.64. The molecule has 1 aliphatic carbocycles. The van der Waals surface area contributed by atoms with Crippen molar-refractivity contribution in [2.24, 2.45) is 5.73 Å². The van der Waals surface area contributed by atoms with Crippen molar-refractivity contribution in [3.63, 3.8) is 0 Å². The van der Waals surface area contributed by atoms with E-state index in [4.69, 9.17) is 18.0 Å². The fourth-order valence-electron chi connectivity index (χ4n) is 1.42. The van der Waals surface area contributed by atoms with Crippen molar-refractivity contribution >= 4 is 17.2 Å². The van der Waals surface area contributed by atoms with Crippen molar-refractivity contribution in [2.75, 3.05) is 6.54 Å². The minimum atomic E-state index is 0.280. The smallest absolute Gasteiger partial charge is 0.0899 e. The second kappa shape index (κ2) is 3.50. The van der Waals surface area contributed by atoms with Crippen LogP contribution in [0.15, 0.2) is 0 Å². The van der Waals surface area contributed by atoms with Gasteiger partial charge in [0.15, 0.2) is 0 Å². The first-order valence-corrected chi connectivity index (χ1v) is 4.62. The fraction of sp³-hybridized carbons (Fsp3) is 0.875. The number of hydrogen-bond donors (Lipinski definition) is 1. The van der Waals surface area contributed by atoms with E-state index in [1.54, 1.807) is 0 Å². The van der Waals surface area contributed by atoms with Gasteiger partial charge in [-0.15, -0.1) is 0 Å². The summed E-state index contributed by atoms with van der Waals surface area (Å²) in [4.78, 5) is 3.00. The molecule has 1 aliphatic rings. The Kier molecular flexibility index (Phi) is 2.84. The first kappa shape index (κ1) is 8.94. The maximum atomic E-state index is 5.57. The molecule has 0 aromatic heterocycles. The zero-order chi connectivity index (χ0) is 8.43. The zero-order valence-electron chi connectivity index (χ0n) is 7.21. The summed E-state index contributed by atoms with van der Waals surface area (Å²) in [5, 5.41) is 0. The molecular formula is C8H16N2S. The highest BCUT2D eigenvalue weighted by molar-refractivity contribution is 7.80. The Labute approximate surface area is 73.7 Å². The van der Waals surface area contributed by atoms with Crippen LogP contribution in [0.25, 0.3) is 0 Å². The molecule has 1 atom stereocenters. The first-order chi connectivity index (χ1) is 5.16. The van der Waals surface area contributed by atoms with Crippen molar-refractivity contribution in [3.05, 3.63) is 0 Å². The predicted molar refractivity (Wildman–Crippen MR) is 51.6 cm³/mol. The number of hydrogen-bond acceptors (Lipinski definition) is 2. The van der Waals surface area contributed by atoms with Gasteiger partial charge in [-0.1, -0.05) is 19.1 Å². The Bertz CT molecular complexity index is 154. The van der Waals surface area contributed by atoms with E-state index in [-0.39, 0.29) is 6.04 Å². The molecule has 0 heterocycles. The molecule has 0 amide bonds. The Morgan fingerprint density at radius 3 is 2.55 bits per heavy atom. The summed E-state index contributed by atoms with van der Waals surface area (Å²) in [6.45, 7) is 5.31. The van der Waals surface area contributed by atoms with Gasteiger partial charge in [0.05, 0.1) is 11.0 Å². The van der Waals surface area contributed by atoms with E-state index >= 15 is 0 Å². The number of rotatable bonds is 4. The monoisotopic (exact) mass is 172 g/mol. The van der Waals surface area contributed by atoms with Gasteiger partial charge in [0, 0.05) is 6.04 Å². The molecule has 0 aromatic carbocycles. The number of thiocarbonyl (C=S) groups is 1. The Balaban J connectivity index is 2.45. The third-order valence-corrected chi connectivity index (χ3v) is 2.63. The molecule has 11 heavy (non-hydrogen) atoms. The number of nitrogens with two attached hydrogens (primary N) is 1. The lowest BCUT2D eigenvalue weighted by molar-refractivity contribution is 0.257. The van der Waals surface area contributed by atoms with Crippen LogP contribution >= 0.6 is 12.2 Å². The Hall–Kier alpha value is -0.150. The van der Waals surface area contributed by atoms with Crippen LogP contribution in [0.3, 0.4) is 0 Å². The highest BCUT2D eigenvalue weighted by Gasteiger charge is 2.31. The molecule has 1 saturated carbocycles. The lowest BCUT2D eigenvalue weighted by atomic mass is 10.3. The maximum Gasteiger partial charge on any atom is 0.0899 e. The molecule has 0 aromatic rings. The van der Waals surface area contributed by atoms with Gasteiger partial charge in [0.2, 0.25) is 0 Å². The number of likely N-dealkylation sites (N-methyl/N-ethyl adjacent to an activating group) is 1. The van der Waals surface area contributed by atoms with Crippen LogP contribution in [-0.4, -0.2) is 28.5 Å². The van der Waals surface area contributed by atoms with Gasteiger partial charge in [-0.25, -0.2) is 0 Å². The van der Waals surface area contributed by atoms with Gasteiger partial charge in [-0.3, -0.25) is 4.90 Å². The van der Waals surface area contributed by atoms with Crippen molar-refractivity contribution < 1.29 is 0 Å². The lowest BCUT2D eigenvalue weighted by Gasteiger charge is -2.26. The second-order valence-corrected chi connectivity index (χ2v) is 3.61. The fourth-order valence-corrected chi connectivity index (χ4v) is 1.55. The molecule has 1 fully saturated rings. The molecule has 1 unspecified atom stereocenters. The van der Waals surface area contributed by atoms with E-state index in [0.29, 0.717) is 4.99 Å². The van der Waals surface area contributed by atoms with E-state index in [9.17, 15) is 0 Å². The standard InChI is InChI=1S/C8H16N2S/c1-3-10(7-4-5-7)6(2)8(9)11/h6-7H,3-5H2,1-2H3,(H2,9,11). The van der Waals surface area contributed by atoms with E-state index in [0.717, 1.165) is 12.6 Å². The SMILES string of the molecule is CCN(C1CC1)C(C)C(N)=S. The molecule has 0 radical (unpaired) electrons.